The van der Waals surface area contributed by atoms with E-state index in [0.29, 0.717) is 11.5 Å². The van der Waals surface area contributed by atoms with Crippen LogP contribution in [0.3, 0.4) is 0 Å². The molecule has 2 aromatic rings. The van der Waals surface area contributed by atoms with Crippen LogP contribution in [0.2, 0.25) is 0 Å². The lowest BCUT2D eigenvalue weighted by molar-refractivity contribution is 0.480. The second-order valence-electron chi connectivity index (χ2n) is 4.45. The number of benzene rings is 1. The lowest BCUT2D eigenvalue weighted by Crippen LogP contribution is -2.19. The lowest BCUT2D eigenvalue weighted by atomic mass is 10.3. The molecule has 1 aromatic heterocycles. The number of nitrogens with one attached hydrogen (secondary N) is 1. The van der Waals surface area contributed by atoms with Crippen LogP contribution >= 0.6 is 0 Å². The quantitative estimate of drug-likeness (QED) is 0.789. The van der Waals surface area contributed by atoms with Gasteiger partial charge in [0.25, 0.3) is 0 Å². The molecule has 1 aromatic carbocycles. The summed E-state index contributed by atoms with van der Waals surface area (Å²) in [6.07, 6.45) is 4.35. The molecule has 0 amide bonds. The third-order valence-electron chi connectivity index (χ3n) is 2.84. The molecular formula is C13H18N4O3S. The highest BCUT2D eigenvalue weighted by molar-refractivity contribution is 7.89. The molecule has 21 heavy (non-hydrogen) atoms. The summed E-state index contributed by atoms with van der Waals surface area (Å²) >= 11 is 0. The van der Waals surface area contributed by atoms with Gasteiger partial charge in [-0.05, 0) is 25.6 Å². The topological polar surface area (TPSA) is 99.2 Å². The van der Waals surface area contributed by atoms with E-state index in [4.69, 9.17) is 10.5 Å². The van der Waals surface area contributed by atoms with Gasteiger partial charge in [0.15, 0.2) is 5.75 Å². The number of aromatic nitrogens is 2. The van der Waals surface area contributed by atoms with Crippen molar-refractivity contribution in [2.24, 2.45) is 0 Å². The van der Waals surface area contributed by atoms with Gasteiger partial charge in [-0.2, -0.15) is 5.10 Å². The molecule has 1 heterocycles. The summed E-state index contributed by atoms with van der Waals surface area (Å²) in [5.41, 5.74) is 5.90. The van der Waals surface area contributed by atoms with E-state index in [9.17, 15) is 8.42 Å². The van der Waals surface area contributed by atoms with Crippen molar-refractivity contribution in [1.29, 1.82) is 0 Å². The number of nitrogens with zero attached hydrogens (tertiary/aromatic N) is 2. The first-order valence-electron chi connectivity index (χ1n) is 6.49. The van der Waals surface area contributed by atoms with Gasteiger partial charge in [0.05, 0.1) is 18.1 Å². The first-order chi connectivity index (χ1) is 9.96. The van der Waals surface area contributed by atoms with E-state index in [1.165, 1.54) is 19.2 Å². The van der Waals surface area contributed by atoms with E-state index < -0.39 is 10.0 Å². The summed E-state index contributed by atoms with van der Waals surface area (Å²) in [6, 6.07) is 4.44. The van der Waals surface area contributed by atoms with Gasteiger partial charge < -0.3 is 10.5 Å². The minimum atomic E-state index is -3.57. The molecule has 0 saturated carbocycles. The van der Waals surface area contributed by atoms with Gasteiger partial charge in [-0.1, -0.05) is 6.92 Å². The van der Waals surface area contributed by atoms with Crippen LogP contribution in [0.4, 0.5) is 5.69 Å². The number of aryl methyl sites for hydroxylation is 1. The van der Waals surface area contributed by atoms with E-state index in [0.717, 1.165) is 13.0 Å². The highest BCUT2D eigenvalue weighted by Crippen LogP contribution is 2.27. The summed E-state index contributed by atoms with van der Waals surface area (Å²) in [4.78, 5) is 0.0269. The Morgan fingerprint density at radius 2 is 2.14 bits per heavy atom. The van der Waals surface area contributed by atoms with Crippen LogP contribution < -0.4 is 15.2 Å². The van der Waals surface area contributed by atoms with Gasteiger partial charge in [-0.25, -0.2) is 13.1 Å². The van der Waals surface area contributed by atoms with Crippen molar-refractivity contribution in [2.45, 2.75) is 24.8 Å². The minimum absolute atomic E-state index is 0.0269. The summed E-state index contributed by atoms with van der Waals surface area (Å²) < 4.78 is 33.1. The average Bonchev–Trinajstić information content (AvgIpc) is 2.86. The van der Waals surface area contributed by atoms with Crippen LogP contribution in [-0.4, -0.2) is 25.2 Å². The highest BCUT2D eigenvalue weighted by atomic mass is 32.2. The summed E-state index contributed by atoms with van der Waals surface area (Å²) in [7, 11) is -2.23. The smallest absolute Gasteiger partial charge is 0.242 e. The van der Waals surface area contributed by atoms with E-state index in [1.807, 2.05) is 0 Å². The molecule has 0 spiro atoms. The molecule has 8 heteroatoms. The fourth-order valence-corrected chi connectivity index (χ4v) is 2.67. The Hall–Kier alpha value is -2.06. The van der Waals surface area contributed by atoms with E-state index in [-0.39, 0.29) is 10.6 Å². The molecule has 0 bridgehead atoms. The Morgan fingerprint density at radius 3 is 2.76 bits per heavy atom. The Balaban J connectivity index is 2.20. The van der Waals surface area contributed by atoms with Crippen LogP contribution in [0.15, 0.2) is 35.5 Å². The van der Waals surface area contributed by atoms with Crippen LogP contribution in [-0.2, 0) is 16.6 Å². The molecular weight excluding hydrogens is 292 g/mol. The van der Waals surface area contributed by atoms with Gasteiger partial charge in [0.1, 0.15) is 10.6 Å². The average molecular weight is 310 g/mol. The van der Waals surface area contributed by atoms with Gasteiger partial charge >= 0.3 is 0 Å². The van der Waals surface area contributed by atoms with Crippen molar-refractivity contribution in [3.05, 3.63) is 30.6 Å². The maximum absolute atomic E-state index is 11.7. The van der Waals surface area contributed by atoms with Crippen LogP contribution in [0, 0.1) is 0 Å². The standard InChI is InChI=1S/C13H18N4O3S/c1-3-6-17-9-11(8-16-17)20-10-4-5-13(12(14)7-10)21(18,19)15-2/h4-5,7-9,15H,3,6,14H2,1-2H3. The van der Waals surface area contributed by atoms with Crippen molar-refractivity contribution in [3.63, 3.8) is 0 Å². The molecule has 0 atom stereocenters. The lowest BCUT2D eigenvalue weighted by Gasteiger charge is -2.08. The van der Waals surface area contributed by atoms with Crippen LogP contribution in [0.5, 0.6) is 11.5 Å². The molecule has 0 unspecified atom stereocenters. The van der Waals surface area contributed by atoms with E-state index in [1.54, 1.807) is 23.1 Å². The van der Waals surface area contributed by atoms with Crippen molar-refractivity contribution in [2.75, 3.05) is 12.8 Å². The molecule has 7 nitrogen and oxygen atoms in total. The van der Waals surface area contributed by atoms with Gasteiger partial charge in [0, 0.05) is 12.6 Å². The zero-order valence-electron chi connectivity index (χ0n) is 11.9. The van der Waals surface area contributed by atoms with Crippen molar-refractivity contribution < 1.29 is 13.2 Å². The minimum Gasteiger partial charge on any atom is -0.454 e. The molecule has 0 aliphatic carbocycles. The first kappa shape index (κ1) is 15.3. The third-order valence-corrected chi connectivity index (χ3v) is 4.33. The highest BCUT2D eigenvalue weighted by Gasteiger charge is 2.15. The van der Waals surface area contributed by atoms with Gasteiger partial charge in [-0.3, -0.25) is 4.68 Å². The maximum atomic E-state index is 11.7. The van der Waals surface area contributed by atoms with Crippen molar-refractivity contribution in [1.82, 2.24) is 14.5 Å². The number of rotatable bonds is 6. The molecule has 0 aliphatic heterocycles. The molecule has 114 valence electrons. The SMILES string of the molecule is CCCn1cc(Oc2ccc(S(=O)(=O)NC)c(N)c2)cn1. The number of nitrogens with two attached hydrogens (primary N) is 1. The Kier molecular flexibility index (Phi) is 4.49. The predicted octanol–water partition coefficient (Wildman–Crippen LogP) is 1.58. The molecule has 0 radical (unpaired) electrons. The van der Waals surface area contributed by atoms with Gasteiger partial charge in [0.2, 0.25) is 10.0 Å². The summed E-state index contributed by atoms with van der Waals surface area (Å²) in [5, 5.41) is 4.15. The molecule has 2 rings (SSSR count). The second kappa shape index (κ2) is 6.15. The fraction of sp³-hybridized carbons (Fsp3) is 0.308. The van der Waals surface area contributed by atoms with Crippen LogP contribution in [0.1, 0.15) is 13.3 Å². The molecule has 0 aliphatic rings. The molecule has 3 N–H and O–H groups in total. The zero-order chi connectivity index (χ0) is 15.5. The maximum Gasteiger partial charge on any atom is 0.242 e. The number of hydrogen-bond acceptors (Lipinski definition) is 5. The van der Waals surface area contributed by atoms with Crippen molar-refractivity contribution in [3.8, 4) is 11.5 Å². The van der Waals surface area contributed by atoms with E-state index >= 15 is 0 Å². The molecule has 0 saturated heterocycles. The Labute approximate surface area is 123 Å². The number of hydrogen-bond donors (Lipinski definition) is 2. The third kappa shape index (κ3) is 3.53. The number of anilines is 1. The summed E-state index contributed by atoms with van der Waals surface area (Å²) in [6.45, 7) is 2.87. The molecule has 0 fully saturated rings. The number of sulfonamides is 1. The first-order valence-corrected chi connectivity index (χ1v) is 7.98. The normalized spacial score (nSPS) is 11.5. The fourth-order valence-electron chi connectivity index (χ4n) is 1.83. The van der Waals surface area contributed by atoms with Crippen LogP contribution in [0.25, 0.3) is 0 Å². The van der Waals surface area contributed by atoms with Gasteiger partial charge in [-0.15, -0.1) is 0 Å². The number of nitrogen functional groups attached to an aromatic ring is 1. The van der Waals surface area contributed by atoms with E-state index in [2.05, 4.69) is 16.7 Å². The Morgan fingerprint density at radius 1 is 1.38 bits per heavy atom. The largest absolute Gasteiger partial charge is 0.454 e. The second-order valence-corrected chi connectivity index (χ2v) is 6.30. The zero-order valence-corrected chi connectivity index (χ0v) is 12.7. The number of ether oxygens (including phenoxy) is 1. The van der Waals surface area contributed by atoms with Crippen molar-refractivity contribution >= 4 is 15.7 Å². The predicted molar refractivity (Wildman–Crippen MR) is 79.7 cm³/mol. The Bertz CT molecular complexity index is 725. The monoisotopic (exact) mass is 310 g/mol. The summed E-state index contributed by atoms with van der Waals surface area (Å²) in [5.74, 6) is 1.03.